The van der Waals surface area contributed by atoms with Crippen LogP contribution in [-0.4, -0.2) is 20.2 Å². The average molecular weight is 965 g/mol. The van der Waals surface area contributed by atoms with Crippen LogP contribution in [0.1, 0.15) is 38.5 Å². The van der Waals surface area contributed by atoms with Gasteiger partial charge in [0.1, 0.15) is 60.1 Å². The monoisotopic (exact) mass is 963 g/mol. The second-order valence-corrected chi connectivity index (χ2v) is 27.8. The molecular weight excluding hydrogens is 943 g/mol. The van der Waals surface area contributed by atoms with Crippen LogP contribution in [-0.2, 0) is 0 Å². The van der Waals surface area contributed by atoms with Crippen molar-refractivity contribution in [1.29, 1.82) is 0 Å². The molecule has 0 amide bonds. The van der Waals surface area contributed by atoms with Gasteiger partial charge in [-0.25, -0.2) is 83.4 Å². The van der Waals surface area contributed by atoms with Gasteiger partial charge < -0.3 is 0 Å². The predicted octanol–water partition coefficient (Wildman–Crippen LogP) is 10.6. The van der Waals surface area contributed by atoms with E-state index in [-0.39, 0.29) is 12.8 Å². The quantitative estimate of drug-likeness (QED) is 0.0295. The summed E-state index contributed by atoms with van der Waals surface area (Å²) in [6, 6.07) is 0.0498. The maximum atomic E-state index is 16.7. The summed E-state index contributed by atoms with van der Waals surface area (Å²) in [5.41, 5.74) is -13.9. The minimum absolute atomic E-state index is 0.160. The highest BCUT2D eigenvalue weighted by Gasteiger charge is 2.53. The van der Waals surface area contributed by atoms with E-state index < -0.39 is 164 Å². The Labute approximate surface area is 337 Å². The first kappa shape index (κ1) is 48.6. The number of rotatable bonds is 14. The van der Waals surface area contributed by atoms with E-state index in [9.17, 15) is 39.5 Å². The summed E-state index contributed by atoms with van der Waals surface area (Å²) in [5, 5.41) is -2.02. The Hall–Kier alpha value is -3.08. The Balaban J connectivity index is 2.22. The van der Waals surface area contributed by atoms with Crippen molar-refractivity contribution >= 4 is 80.5 Å². The first-order chi connectivity index (χ1) is 27.1. The second-order valence-electron chi connectivity index (χ2n) is 13.9. The van der Waals surface area contributed by atoms with Crippen molar-refractivity contribution in [2.45, 2.75) is 63.7 Å². The van der Waals surface area contributed by atoms with Crippen molar-refractivity contribution in [2.24, 2.45) is 0 Å². The van der Waals surface area contributed by atoms with E-state index >= 15 is 43.9 Å². The molecule has 0 unspecified atom stereocenters. The zero-order valence-corrected chi connectivity index (χ0v) is 33.8. The van der Waals surface area contributed by atoms with E-state index in [2.05, 4.69) is 0 Å². The minimum atomic E-state index is -7.20. The van der Waals surface area contributed by atoms with Gasteiger partial charge in [0.25, 0.3) is 6.69 Å². The lowest BCUT2D eigenvalue weighted by Crippen LogP contribution is -2.81. The minimum Gasteiger partial charge on any atom is -0.207 e. The van der Waals surface area contributed by atoms with Crippen LogP contribution >= 0.6 is 33.2 Å². The van der Waals surface area contributed by atoms with Gasteiger partial charge in [-0.2, -0.15) is 11.1 Å². The van der Waals surface area contributed by atoms with Gasteiger partial charge in [-0.05, 0) is 12.1 Å². The number of halogens is 22. The molecule has 0 aliphatic carbocycles. The molecule has 4 aromatic carbocycles. The van der Waals surface area contributed by atoms with Crippen molar-refractivity contribution in [2.75, 3.05) is 0 Å². The topological polar surface area (TPSA) is 0 Å². The van der Waals surface area contributed by atoms with Crippen molar-refractivity contribution in [3.8, 4) is 0 Å². The molecule has 59 heavy (non-hydrogen) atoms. The third-order valence-electron chi connectivity index (χ3n) is 9.64. The summed E-state index contributed by atoms with van der Waals surface area (Å²) in [4.78, 5) is 0. The molecule has 0 atom stereocenters. The van der Waals surface area contributed by atoms with Crippen molar-refractivity contribution in [1.82, 2.24) is 0 Å². The van der Waals surface area contributed by atoms with Gasteiger partial charge in [0.15, 0.2) is 64.0 Å². The molecule has 0 saturated heterocycles. The molecule has 0 radical (unpaired) electrons. The average Bonchev–Trinajstić information content (AvgIpc) is 3.16. The molecule has 0 N–H and O–H groups in total. The predicted molar refractivity (Wildman–Crippen MR) is 187 cm³/mol. The maximum Gasteiger partial charge on any atom is 0.286 e. The molecule has 0 aliphatic heterocycles. The zero-order chi connectivity index (χ0) is 45.0. The van der Waals surface area contributed by atoms with Gasteiger partial charge in [0, 0.05) is 5.19 Å². The fraction of sp³-hybridized carbons (Fsp3) is 0.294. The lowest BCUT2D eigenvalue weighted by molar-refractivity contribution is 0.379. The van der Waals surface area contributed by atoms with Crippen molar-refractivity contribution in [3.63, 3.8) is 0 Å². The van der Waals surface area contributed by atoms with Crippen LogP contribution in [0.25, 0.3) is 0 Å². The lowest BCUT2D eigenvalue weighted by Gasteiger charge is -2.45. The van der Waals surface area contributed by atoms with Gasteiger partial charge in [-0.3, -0.25) is 0 Å². The fourth-order valence-electron chi connectivity index (χ4n) is 6.95. The van der Waals surface area contributed by atoms with Crippen LogP contribution < -0.4 is 27.0 Å². The summed E-state index contributed by atoms with van der Waals surface area (Å²) in [6.07, 6.45) is -4.73. The van der Waals surface area contributed by atoms with Gasteiger partial charge >= 0.3 is 0 Å². The summed E-state index contributed by atoms with van der Waals surface area (Å²) in [6.45, 7) is -1.22. The highest BCUT2D eigenvalue weighted by Crippen LogP contribution is 2.33. The molecular formula is C34H22BCl3F19Si2-. The fourth-order valence-corrected chi connectivity index (χ4v) is 12.0. The summed E-state index contributed by atoms with van der Waals surface area (Å²) in [5.74, 6) is -65.8. The first-order valence-corrected chi connectivity index (χ1v) is 25.2. The number of hydrogen-bond acceptors (Lipinski definition) is 0. The lowest BCUT2D eigenvalue weighted by atomic mass is 9.12. The number of benzene rings is 4. The van der Waals surface area contributed by atoms with E-state index in [0.717, 1.165) is 12.5 Å². The molecule has 324 valence electrons. The van der Waals surface area contributed by atoms with E-state index in [4.69, 9.17) is 33.2 Å². The van der Waals surface area contributed by atoms with Crippen LogP contribution in [0, 0.1) is 111 Å². The first-order valence-electron chi connectivity index (χ1n) is 16.8. The Morgan fingerprint density at radius 1 is 0.305 bits per heavy atom. The SMILES string of the molecule is C[Si](C)(Cl)CCCCCCCC[Si](Cl)(Cl)c1c(F)c(F)c([B-](c2c(F)c(F)c(F)c(F)c2F)(c2c(F)c(F)c(F)c(F)c2F)c2c(F)c(F)c(F)c(F)c2F)c(F)c1F. The molecule has 0 spiro atoms. The second kappa shape index (κ2) is 17.7. The number of hydrogen-bond donors (Lipinski definition) is 0. The van der Waals surface area contributed by atoms with E-state index in [0.29, 0.717) is 19.3 Å². The van der Waals surface area contributed by atoms with E-state index in [1.54, 1.807) is 0 Å². The van der Waals surface area contributed by atoms with Gasteiger partial charge in [-0.1, -0.05) is 51.6 Å². The van der Waals surface area contributed by atoms with Crippen LogP contribution in [0.3, 0.4) is 0 Å². The third-order valence-corrected chi connectivity index (χ3v) is 16.2. The molecule has 0 saturated carbocycles. The Morgan fingerprint density at radius 3 is 0.763 bits per heavy atom. The molecule has 0 nitrogen and oxygen atoms in total. The highest BCUT2D eigenvalue weighted by molar-refractivity contribution is 7.51. The normalized spacial score (nSPS) is 12.6. The summed E-state index contributed by atoms with van der Waals surface area (Å²) in [7, 11) is -1.87. The molecule has 0 heterocycles. The van der Waals surface area contributed by atoms with Crippen LogP contribution in [0.2, 0.25) is 25.2 Å². The van der Waals surface area contributed by atoms with Gasteiger partial charge in [0.05, 0.1) is 0 Å². The van der Waals surface area contributed by atoms with Crippen molar-refractivity contribution in [3.05, 3.63) is 111 Å². The molecule has 0 fully saturated rings. The molecule has 4 aromatic rings. The van der Waals surface area contributed by atoms with Gasteiger partial charge in [-0.15, -0.1) is 44.0 Å². The Morgan fingerprint density at radius 2 is 0.508 bits per heavy atom. The molecule has 4 rings (SSSR count). The molecule has 0 aliphatic rings. The zero-order valence-electron chi connectivity index (χ0n) is 29.5. The maximum absolute atomic E-state index is 16.7. The largest absolute Gasteiger partial charge is 0.286 e. The summed E-state index contributed by atoms with van der Waals surface area (Å²) < 4.78 is 294. The molecule has 0 aromatic heterocycles. The number of unbranched alkanes of at least 4 members (excludes halogenated alkanes) is 5. The van der Waals surface area contributed by atoms with Gasteiger partial charge in [0.2, 0.25) is 0 Å². The van der Waals surface area contributed by atoms with Crippen LogP contribution in [0.4, 0.5) is 83.4 Å². The molecule has 0 bridgehead atoms. The third kappa shape index (κ3) is 8.32. The van der Waals surface area contributed by atoms with E-state index in [1.807, 2.05) is 13.1 Å². The Kier molecular flexibility index (Phi) is 14.6. The van der Waals surface area contributed by atoms with Crippen molar-refractivity contribution < 1.29 is 83.4 Å². The standard InChI is InChI=1S/C34H22BCl3F19Si2/c1-58(2,36)9-7-5-3-4-6-8-10-59(37,38)34-32(56)21(45)14(22(46)33(34)57)35(11-15(39)23(47)29(53)24(48)16(11)40,12-17(41)25(49)30(54)26(50)18(12)42)13-19(43)27(51)31(55)28(52)20(13)44/h3-10H2,1-2H3/q-1. The molecule has 25 heteroatoms. The highest BCUT2D eigenvalue weighted by atomic mass is 35.7. The summed E-state index contributed by atoms with van der Waals surface area (Å²) >= 11 is 18.6. The van der Waals surface area contributed by atoms with E-state index in [1.165, 1.54) is 0 Å². The van der Waals surface area contributed by atoms with Crippen LogP contribution in [0.15, 0.2) is 0 Å². The van der Waals surface area contributed by atoms with Crippen LogP contribution in [0.5, 0.6) is 0 Å². The smallest absolute Gasteiger partial charge is 0.207 e. The Bertz CT molecular complexity index is 2050.